The molecule has 0 radical (unpaired) electrons. The monoisotopic (exact) mass is 405 g/mol. The maximum atomic E-state index is 13.0. The van der Waals surface area contributed by atoms with E-state index in [2.05, 4.69) is 15.3 Å². The molecule has 10 heteroatoms. The molecule has 0 fully saturated rings. The van der Waals surface area contributed by atoms with Crippen LogP contribution in [0.5, 0.6) is 0 Å². The molecular formula is C16H15ClF3N3O2S. The molecule has 0 saturated heterocycles. The number of alkyl halides is 3. The lowest BCUT2D eigenvalue weighted by Gasteiger charge is -2.11. The predicted molar refractivity (Wildman–Crippen MR) is 93.2 cm³/mol. The molecule has 140 valence electrons. The first-order chi connectivity index (χ1) is 12.3. The van der Waals surface area contributed by atoms with Crippen molar-refractivity contribution in [2.45, 2.75) is 24.8 Å². The van der Waals surface area contributed by atoms with Crippen molar-refractivity contribution in [3.63, 3.8) is 0 Å². The summed E-state index contributed by atoms with van der Waals surface area (Å²) in [5.74, 6) is -0.714. The van der Waals surface area contributed by atoms with Crippen LogP contribution in [0.1, 0.15) is 18.2 Å². The Kier molecular flexibility index (Phi) is 7.10. The van der Waals surface area contributed by atoms with Gasteiger partial charge in [0.1, 0.15) is 5.82 Å². The van der Waals surface area contributed by atoms with Gasteiger partial charge in [-0.05, 0) is 24.6 Å². The van der Waals surface area contributed by atoms with Gasteiger partial charge in [-0.3, -0.25) is 4.79 Å². The van der Waals surface area contributed by atoms with Crippen LogP contribution < -0.4 is 5.32 Å². The molecule has 1 aromatic carbocycles. The molecule has 2 aromatic rings. The molecule has 0 aliphatic heterocycles. The van der Waals surface area contributed by atoms with Crippen molar-refractivity contribution in [3.05, 3.63) is 46.6 Å². The van der Waals surface area contributed by atoms with E-state index in [1.165, 1.54) is 0 Å². The molecule has 1 heterocycles. The fraction of sp³-hybridized carbons (Fsp3) is 0.312. The molecule has 0 bridgehead atoms. The van der Waals surface area contributed by atoms with Gasteiger partial charge in [0.25, 0.3) is 0 Å². The highest BCUT2D eigenvalue weighted by Crippen LogP contribution is 2.30. The van der Waals surface area contributed by atoms with E-state index < -0.39 is 17.8 Å². The Morgan fingerprint density at radius 3 is 2.58 bits per heavy atom. The van der Waals surface area contributed by atoms with Gasteiger partial charge >= 0.3 is 12.1 Å². The molecule has 0 saturated carbocycles. The first-order valence-electron chi connectivity index (χ1n) is 7.51. The number of aromatic nitrogens is 2. The summed E-state index contributed by atoms with van der Waals surface area (Å²) in [6.45, 7) is 2.09. The van der Waals surface area contributed by atoms with Crippen LogP contribution in [0.3, 0.4) is 0 Å². The number of carbonyl (C=O) groups excluding carboxylic acids is 1. The third kappa shape index (κ3) is 6.38. The topological polar surface area (TPSA) is 64.1 Å². The lowest BCUT2D eigenvalue weighted by Crippen LogP contribution is -2.13. The molecule has 0 amide bonds. The van der Waals surface area contributed by atoms with Crippen molar-refractivity contribution in [1.29, 1.82) is 0 Å². The number of hydrogen-bond acceptors (Lipinski definition) is 6. The number of esters is 1. The number of hydrogen-bond donors (Lipinski definition) is 1. The van der Waals surface area contributed by atoms with Gasteiger partial charge in [-0.15, -0.1) is 0 Å². The third-order valence-electron chi connectivity index (χ3n) is 3.01. The van der Waals surface area contributed by atoms with E-state index in [4.69, 9.17) is 16.3 Å². The summed E-state index contributed by atoms with van der Waals surface area (Å²) in [5, 5.41) is 3.22. The SMILES string of the molecule is CCOC(=O)CSc1nc(NCc2ccc(Cl)cc2)cc(C(F)(F)F)n1. The van der Waals surface area contributed by atoms with Gasteiger partial charge in [-0.2, -0.15) is 13.2 Å². The molecule has 0 aliphatic carbocycles. The van der Waals surface area contributed by atoms with Crippen LogP contribution in [-0.4, -0.2) is 28.3 Å². The second-order valence-corrected chi connectivity index (χ2v) is 6.37. The van der Waals surface area contributed by atoms with Crippen molar-refractivity contribution >= 4 is 35.1 Å². The Labute approximate surface area is 157 Å². The van der Waals surface area contributed by atoms with Crippen LogP contribution in [0.15, 0.2) is 35.5 Å². The van der Waals surface area contributed by atoms with Crippen LogP contribution in [0.2, 0.25) is 5.02 Å². The van der Waals surface area contributed by atoms with Gasteiger partial charge in [-0.25, -0.2) is 9.97 Å². The molecule has 2 rings (SSSR count). The van der Waals surface area contributed by atoms with Gasteiger partial charge in [0.15, 0.2) is 10.9 Å². The number of rotatable bonds is 7. The second kappa shape index (κ2) is 9.09. The van der Waals surface area contributed by atoms with E-state index in [1.54, 1.807) is 31.2 Å². The minimum atomic E-state index is -4.63. The fourth-order valence-corrected chi connectivity index (χ4v) is 2.63. The fourth-order valence-electron chi connectivity index (χ4n) is 1.85. The average Bonchev–Trinajstić information content (AvgIpc) is 2.59. The smallest absolute Gasteiger partial charge is 0.433 e. The molecule has 0 aliphatic rings. The summed E-state index contributed by atoms with van der Waals surface area (Å²) >= 11 is 6.58. The number of halogens is 4. The van der Waals surface area contributed by atoms with Gasteiger partial charge in [0.2, 0.25) is 0 Å². The first kappa shape index (κ1) is 20.3. The van der Waals surface area contributed by atoms with Crippen LogP contribution in [-0.2, 0) is 22.3 Å². The van der Waals surface area contributed by atoms with Gasteiger partial charge in [0.05, 0.1) is 12.4 Å². The Bertz CT molecular complexity index is 757. The van der Waals surface area contributed by atoms with E-state index in [9.17, 15) is 18.0 Å². The van der Waals surface area contributed by atoms with Crippen molar-refractivity contribution in [1.82, 2.24) is 9.97 Å². The number of benzene rings is 1. The van der Waals surface area contributed by atoms with Crippen LogP contribution >= 0.6 is 23.4 Å². The molecule has 0 atom stereocenters. The van der Waals surface area contributed by atoms with Crippen molar-refractivity contribution in [2.75, 3.05) is 17.7 Å². The number of carbonyl (C=O) groups is 1. The zero-order valence-electron chi connectivity index (χ0n) is 13.6. The summed E-state index contributed by atoms with van der Waals surface area (Å²) in [5.41, 5.74) is -0.264. The number of nitrogens with one attached hydrogen (secondary N) is 1. The molecule has 26 heavy (non-hydrogen) atoms. The van der Waals surface area contributed by atoms with E-state index >= 15 is 0 Å². The average molecular weight is 406 g/mol. The predicted octanol–water partition coefficient (Wildman–Crippen LogP) is 4.42. The van der Waals surface area contributed by atoms with E-state index in [0.717, 1.165) is 23.4 Å². The van der Waals surface area contributed by atoms with Gasteiger partial charge in [0, 0.05) is 17.6 Å². The molecular weight excluding hydrogens is 391 g/mol. The Hall–Kier alpha value is -2.00. The zero-order chi connectivity index (χ0) is 19.2. The maximum absolute atomic E-state index is 13.0. The Morgan fingerprint density at radius 2 is 1.96 bits per heavy atom. The van der Waals surface area contributed by atoms with Crippen LogP contribution in [0, 0.1) is 0 Å². The van der Waals surface area contributed by atoms with Gasteiger partial charge < -0.3 is 10.1 Å². The molecule has 1 aromatic heterocycles. The van der Waals surface area contributed by atoms with E-state index in [0.29, 0.717) is 5.02 Å². The maximum Gasteiger partial charge on any atom is 0.433 e. The summed E-state index contributed by atoms with van der Waals surface area (Å²) < 4.78 is 43.9. The Balaban J connectivity index is 2.14. The highest BCUT2D eigenvalue weighted by Gasteiger charge is 2.33. The van der Waals surface area contributed by atoms with Crippen LogP contribution in [0.4, 0.5) is 19.0 Å². The minimum Gasteiger partial charge on any atom is -0.465 e. The quantitative estimate of drug-likeness (QED) is 0.418. The number of thioether (sulfide) groups is 1. The molecule has 0 spiro atoms. The van der Waals surface area contributed by atoms with E-state index in [1.807, 2.05) is 0 Å². The summed E-state index contributed by atoms with van der Waals surface area (Å²) in [4.78, 5) is 18.9. The standard InChI is InChI=1S/C16H15ClF3N3O2S/c1-2-25-14(24)9-26-15-22-12(16(18,19)20)7-13(23-15)21-8-10-3-5-11(17)6-4-10/h3-7H,2,8-9H2,1H3,(H,21,22,23). The lowest BCUT2D eigenvalue weighted by atomic mass is 10.2. The number of nitrogens with zero attached hydrogens (tertiary/aromatic N) is 2. The third-order valence-corrected chi connectivity index (χ3v) is 4.08. The van der Waals surface area contributed by atoms with Crippen LogP contribution in [0.25, 0.3) is 0 Å². The molecule has 5 nitrogen and oxygen atoms in total. The summed E-state index contributed by atoms with van der Waals surface area (Å²) in [7, 11) is 0. The minimum absolute atomic E-state index is 0.00799. The number of anilines is 1. The summed E-state index contributed by atoms with van der Waals surface area (Å²) in [6, 6.07) is 7.68. The number of ether oxygens (including phenoxy) is 1. The normalized spacial score (nSPS) is 11.3. The highest BCUT2D eigenvalue weighted by atomic mass is 35.5. The van der Waals surface area contributed by atoms with Gasteiger partial charge in [-0.1, -0.05) is 35.5 Å². The molecule has 1 N–H and O–H groups in total. The van der Waals surface area contributed by atoms with Crippen molar-refractivity contribution < 1.29 is 22.7 Å². The Morgan fingerprint density at radius 1 is 1.27 bits per heavy atom. The highest BCUT2D eigenvalue weighted by molar-refractivity contribution is 7.99. The second-order valence-electron chi connectivity index (χ2n) is 4.99. The van der Waals surface area contributed by atoms with Crippen molar-refractivity contribution in [2.24, 2.45) is 0 Å². The summed E-state index contributed by atoms with van der Waals surface area (Å²) in [6.07, 6.45) is -4.63. The van der Waals surface area contributed by atoms with E-state index in [-0.39, 0.29) is 29.9 Å². The zero-order valence-corrected chi connectivity index (χ0v) is 15.2. The molecule has 0 unspecified atom stereocenters. The lowest BCUT2D eigenvalue weighted by molar-refractivity contribution is -0.141. The first-order valence-corrected chi connectivity index (χ1v) is 8.87. The van der Waals surface area contributed by atoms with Crippen molar-refractivity contribution in [3.8, 4) is 0 Å². The largest absolute Gasteiger partial charge is 0.465 e.